The van der Waals surface area contributed by atoms with Gasteiger partial charge in [0.25, 0.3) is 0 Å². The molecule has 1 saturated heterocycles. The van der Waals surface area contributed by atoms with Gasteiger partial charge in [-0.1, -0.05) is 12.7 Å². The Labute approximate surface area is 77.8 Å². The van der Waals surface area contributed by atoms with Crippen molar-refractivity contribution in [2.24, 2.45) is 0 Å². The summed E-state index contributed by atoms with van der Waals surface area (Å²) in [4.78, 5) is 13.1. The van der Waals surface area contributed by atoms with E-state index in [4.69, 9.17) is 4.74 Å². The van der Waals surface area contributed by atoms with Crippen LogP contribution in [0.15, 0.2) is 12.7 Å². The van der Waals surface area contributed by atoms with Gasteiger partial charge in [-0.3, -0.25) is 9.69 Å². The van der Waals surface area contributed by atoms with Crippen molar-refractivity contribution < 1.29 is 14.6 Å². The number of ether oxygens (including phenoxy) is 1. The summed E-state index contributed by atoms with van der Waals surface area (Å²) in [5, 5.41) is 9.27. The maximum absolute atomic E-state index is 11.3. The third-order valence-corrected chi connectivity index (χ3v) is 2.14. The number of hydrogen-bond donors (Lipinski definition) is 1. The molecule has 2 atom stereocenters. The third-order valence-electron chi connectivity index (χ3n) is 2.14. The molecule has 4 nitrogen and oxygen atoms in total. The smallest absolute Gasteiger partial charge is 0.323 e. The van der Waals surface area contributed by atoms with E-state index < -0.39 is 6.10 Å². The van der Waals surface area contributed by atoms with E-state index in [2.05, 4.69) is 6.58 Å². The molecule has 0 spiro atoms. The molecule has 0 amide bonds. The number of aliphatic hydroxyl groups is 1. The number of β-amino-alcohol motifs (C(OH)–C–C–N with tert-alkyl or cyclic N) is 1. The van der Waals surface area contributed by atoms with E-state index in [1.165, 1.54) is 6.08 Å². The Kier molecular flexibility index (Phi) is 3.45. The van der Waals surface area contributed by atoms with Gasteiger partial charge in [-0.05, 0) is 7.05 Å². The first kappa shape index (κ1) is 10.2. The molecule has 1 aliphatic rings. The predicted molar refractivity (Wildman–Crippen MR) is 48.2 cm³/mol. The number of carbonyl (C=O) groups is 1. The molecule has 2 unspecified atom stereocenters. The standard InChI is InChI=1S/C9H15NO3/c1-3-4-13-9(12)8-5-7(11)6-10(8)2/h3,7-8,11H,1,4-6H2,2H3. The Morgan fingerprint density at radius 3 is 3.00 bits per heavy atom. The van der Waals surface area contributed by atoms with Crippen molar-refractivity contribution in [1.29, 1.82) is 0 Å². The number of aliphatic hydroxyl groups excluding tert-OH is 1. The normalized spacial score (nSPS) is 28.8. The Balaban J connectivity index is 2.42. The van der Waals surface area contributed by atoms with Crippen LogP contribution in [-0.4, -0.2) is 48.3 Å². The van der Waals surface area contributed by atoms with Crippen molar-refractivity contribution in [3.63, 3.8) is 0 Å². The average Bonchev–Trinajstić information content (AvgIpc) is 2.41. The molecule has 0 aromatic heterocycles. The highest BCUT2D eigenvalue weighted by molar-refractivity contribution is 5.76. The largest absolute Gasteiger partial charge is 0.460 e. The van der Waals surface area contributed by atoms with Crippen LogP contribution in [0.5, 0.6) is 0 Å². The van der Waals surface area contributed by atoms with Crippen LogP contribution in [0.1, 0.15) is 6.42 Å². The van der Waals surface area contributed by atoms with Crippen molar-refractivity contribution in [3.05, 3.63) is 12.7 Å². The maximum atomic E-state index is 11.3. The van der Waals surface area contributed by atoms with Crippen molar-refractivity contribution in [1.82, 2.24) is 4.90 Å². The second-order valence-electron chi connectivity index (χ2n) is 3.26. The number of carbonyl (C=O) groups excluding carboxylic acids is 1. The summed E-state index contributed by atoms with van der Waals surface area (Å²) in [6.45, 7) is 4.22. The fourth-order valence-electron chi connectivity index (χ4n) is 1.49. The van der Waals surface area contributed by atoms with Gasteiger partial charge >= 0.3 is 5.97 Å². The molecule has 0 aromatic rings. The molecule has 0 saturated carbocycles. The zero-order chi connectivity index (χ0) is 9.84. The molecular formula is C9H15NO3. The summed E-state index contributed by atoms with van der Waals surface area (Å²) in [7, 11) is 1.80. The molecule has 1 rings (SSSR count). The number of rotatable bonds is 3. The summed E-state index contributed by atoms with van der Waals surface area (Å²) in [5.41, 5.74) is 0. The van der Waals surface area contributed by atoms with E-state index in [0.29, 0.717) is 13.0 Å². The van der Waals surface area contributed by atoms with E-state index in [0.717, 1.165) is 0 Å². The Morgan fingerprint density at radius 2 is 2.54 bits per heavy atom. The van der Waals surface area contributed by atoms with Gasteiger partial charge in [-0.2, -0.15) is 0 Å². The average molecular weight is 185 g/mol. The maximum Gasteiger partial charge on any atom is 0.323 e. The van der Waals surface area contributed by atoms with E-state index >= 15 is 0 Å². The Morgan fingerprint density at radius 1 is 1.85 bits per heavy atom. The van der Waals surface area contributed by atoms with Gasteiger partial charge in [-0.15, -0.1) is 0 Å². The topological polar surface area (TPSA) is 49.8 Å². The SMILES string of the molecule is C=CCOC(=O)C1CC(O)CN1C. The van der Waals surface area contributed by atoms with E-state index in [1.54, 1.807) is 11.9 Å². The number of likely N-dealkylation sites (tertiary alicyclic amines) is 1. The second kappa shape index (κ2) is 4.39. The highest BCUT2D eigenvalue weighted by atomic mass is 16.5. The molecule has 0 aromatic carbocycles. The lowest BCUT2D eigenvalue weighted by atomic mass is 10.2. The van der Waals surface area contributed by atoms with Crippen molar-refractivity contribution in [3.8, 4) is 0 Å². The minimum absolute atomic E-state index is 0.235. The fraction of sp³-hybridized carbons (Fsp3) is 0.667. The minimum Gasteiger partial charge on any atom is -0.460 e. The van der Waals surface area contributed by atoms with Crippen LogP contribution < -0.4 is 0 Å². The van der Waals surface area contributed by atoms with Gasteiger partial charge in [-0.25, -0.2) is 0 Å². The molecule has 74 valence electrons. The fourth-order valence-corrected chi connectivity index (χ4v) is 1.49. The van der Waals surface area contributed by atoms with Gasteiger partial charge in [0, 0.05) is 13.0 Å². The molecule has 13 heavy (non-hydrogen) atoms. The summed E-state index contributed by atoms with van der Waals surface area (Å²) in [6, 6.07) is -0.296. The highest BCUT2D eigenvalue weighted by Crippen LogP contribution is 2.16. The molecule has 0 bridgehead atoms. The van der Waals surface area contributed by atoms with Crippen LogP contribution in [0.2, 0.25) is 0 Å². The van der Waals surface area contributed by atoms with Gasteiger partial charge in [0.05, 0.1) is 6.10 Å². The first-order chi connectivity index (χ1) is 6.15. The number of nitrogens with zero attached hydrogens (tertiary/aromatic N) is 1. The minimum atomic E-state index is -0.411. The van der Waals surface area contributed by atoms with Crippen LogP contribution in [0.3, 0.4) is 0 Å². The zero-order valence-corrected chi connectivity index (χ0v) is 7.77. The first-order valence-electron chi connectivity index (χ1n) is 4.31. The van der Waals surface area contributed by atoms with Crippen molar-refractivity contribution >= 4 is 5.97 Å². The van der Waals surface area contributed by atoms with Crippen LogP contribution >= 0.6 is 0 Å². The van der Waals surface area contributed by atoms with Crippen LogP contribution in [0.4, 0.5) is 0 Å². The lowest BCUT2D eigenvalue weighted by Crippen LogP contribution is -2.34. The zero-order valence-electron chi connectivity index (χ0n) is 7.77. The second-order valence-corrected chi connectivity index (χ2v) is 3.26. The predicted octanol–water partition coefficient (Wildman–Crippen LogP) is -0.219. The lowest BCUT2D eigenvalue weighted by Gasteiger charge is -2.16. The Hall–Kier alpha value is -0.870. The number of likely N-dealkylation sites (N-methyl/N-ethyl adjacent to an activating group) is 1. The van der Waals surface area contributed by atoms with Crippen LogP contribution in [-0.2, 0) is 9.53 Å². The van der Waals surface area contributed by atoms with Crippen LogP contribution in [0.25, 0.3) is 0 Å². The monoisotopic (exact) mass is 185 g/mol. The summed E-state index contributed by atoms with van der Waals surface area (Å²) in [5.74, 6) is -0.279. The molecule has 4 heteroatoms. The molecule has 1 N–H and O–H groups in total. The van der Waals surface area contributed by atoms with E-state index in [9.17, 15) is 9.90 Å². The van der Waals surface area contributed by atoms with Gasteiger partial charge in [0.15, 0.2) is 0 Å². The molecule has 0 aliphatic carbocycles. The number of esters is 1. The number of hydrogen-bond acceptors (Lipinski definition) is 4. The lowest BCUT2D eigenvalue weighted by molar-refractivity contribution is -0.147. The van der Waals surface area contributed by atoms with E-state index in [1.807, 2.05) is 0 Å². The quantitative estimate of drug-likeness (QED) is 0.488. The summed E-state index contributed by atoms with van der Waals surface area (Å²) in [6.07, 6.45) is 1.58. The Bertz CT molecular complexity index is 205. The van der Waals surface area contributed by atoms with E-state index in [-0.39, 0.29) is 18.6 Å². The molecule has 0 radical (unpaired) electrons. The van der Waals surface area contributed by atoms with Crippen molar-refractivity contribution in [2.45, 2.75) is 18.6 Å². The molecule has 1 fully saturated rings. The third kappa shape index (κ3) is 2.54. The first-order valence-corrected chi connectivity index (χ1v) is 4.31. The highest BCUT2D eigenvalue weighted by Gasteiger charge is 2.34. The summed E-state index contributed by atoms with van der Waals surface area (Å²) < 4.78 is 4.88. The van der Waals surface area contributed by atoms with Gasteiger partial charge in [0.2, 0.25) is 0 Å². The molecule has 1 heterocycles. The van der Waals surface area contributed by atoms with Gasteiger partial charge < -0.3 is 9.84 Å². The van der Waals surface area contributed by atoms with Gasteiger partial charge in [0.1, 0.15) is 12.6 Å². The molecular weight excluding hydrogens is 170 g/mol. The molecule has 1 aliphatic heterocycles. The summed E-state index contributed by atoms with van der Waals surface area (Å²) >= 11 is 0. The van der Waals surface area contributed by atoms with Crippen LogP contribution in [0, 0.1) is 0 Å². The van der Waals surface area contributed by atoms with Crippen molar-refractivity contribution in [2.75, 3.05) is 20.2 Å².